The van der Waals surface area contributed by atoms with Gasteiger partial charge in [0.15, 0.2) is 0 Å². The molecule has 3 nitrogen and oxygen atoms in total. The van der Waals surface area contributed by atoms with Gasteiger partial charge in [0.2, 0.25) is 0 Å². The van der Waals surface area contributed by atoms with Crippen molar-refractivity contribution in [3.05, 3.63) is 47.0 Å². The fraction of sp³-hybridized carbons (Fsp3) is 0.333. The average Bonchev–Trinajstić information content (AvgIpc) is 2.53. The van der Waals surface area contributed by atoms with E-state index >= 15 is 0 Å². The molecule has 22 heavy (non-hydrogen) atoms. The van der Waals surface area contributed by atoms with E-state index in [2.05, 4.69) is 6.07 Å². The molecule has 1 aliphatic heterocycles. The van der Waals surface area contributed by atoms with Crippen molar-refractivity contribution in [2.24, 2.45) is 5.73 Å². The van der Waals surface area contributed by atoms with Crippen LogP contribution in [0.3, 0.4) is 0 Å². The zero-order valence-electron chi connectivity index (χ0n) is 11.9. The maximum absolute atomic E-state index is 6.40. The third-order valence-corrected chi connectivity index (χ3v) is 4.16. The van der Waals surface area contributed by atoms with Crippen molar-refractivity contribution in [2.75, 3.05) is 13.7 Å². The summed E-state index contributed by atoms with van der Waals surface area (Å²) < 4.78 is 11.3. The van der Waals surface area contributed by atoms with Gasteiger partial charge < -0.3 is 15.2 Å². The largest absolute Gasteiger partial charge is 0.497 e. The molecule has 1 atom stereocenters. The molecule has 3 rings (SSSR count). The standard InChI is InChI=1S/C17H18ClNO2.CH4/c1-20-12-7-8-14(16(18)9-12)15-4-2-3-11-5-6-13(10-19)21-17(11)15;/h2-4,7-9,13H,5-6,10,19H2,1H3;1H4/t13-;/m1./s1. The maximum atomic E-state index is 6.40. The van der Waals surface area contributed by atoms with Gasteiger partial charge in [-0.05, 0) is 36.6 Å². The summed E-state index contributed by atoms with van der Waals surface area (Å²) in [7, 11) is 1.63. The Morgan fingerprint density at radius 3 is 2.77 bits per heavy atom. The van der Waals surface area contributed by atoms with Gasteiger partial charge in [-0.15, -0.1) is 0 Å². The van der Waals surface area contributed by atoms with Crippen molar-refractivity contribution < 1.29 is 9.47 Å². The first kappa shape index (κ1) is 16.7. The van der Waals surface area contributed by atoms with E-state index in [0.717, 1.165) is 35.5 Å². The van der Waals surface area contributed by atoms with Gasteiger partial charge in [0.1, 0.15) is 17.6 Å². The first-order chi connectivity index (χ1) is 10.2. The summed E-state index contributed by atoms with van der Waals surface area (Å²) in [5, 5.41) is 0.654. The van der Waals surface area contributed by atoms with Crippen molar-refractivity contribution in [1.29, 1.82) is 0 Å². The molecule has 1 heterocycles. The molecule has 2 N–H and O–H groups in total. The molecule has 0 aliphatic carbocycles. The summed E-state index contributed by atoms with van der Waals surface area (Å²) in [6, 6.07) is 11.9. The van der Waals surface area contributed by atoms with Crippen molar-refractivity contribution in [2.45, 2.75) is 26.4 Å². The number of halogens is 1. The van der Waals surface area contributed by atoms with Crippen molar-refractivity contribution in [3.63, 3.8) is 0 Å². The number of para-hydroxylation sites is 1. The molecule has 0 saturated carbocycles. The number of methoxy groups -OCH3 is 1. The van der Waals surface area contributed by atoms with Gasteiger partial charge >= 0.3 is 0 Å². The lowest BCUT2D eigenvalue weighted by Gasteiger charge is -2.27. The summed E-state index contributed by atoms with van der Waals surface area (Å²) in [5.41, 5.74) is 8.92. The maximum Gasteiger partial charge on any atom is 0.130 e. The minimum atomic E-state index is 0. The Hall–Kier alpha value is -1.71. The highest BCUT2D eigenvalue weighted by Gasteiger charge is 2.22. The lowest BCUT2D eigenvalue weighted by molar-refractivity contribution is 0.182. The molecule has 2 aromatic rings. The molecule has 0 aromatic heterocycles. The number of benzene rings is 2. The molecule has 4 heteroatoms. The predicted octanol–water partition coefficient (Wildman–Crippen LogP) is 4.30. The second-order valence-electron chi connectivity index (χ2n) is 5.15. The Morgan fingerprint density at radius 1 is 1.27 bits per heavy atom. The summed E-state index contributed by atoms with van der Waals surface area (Å²) in [5.74, 6) is 1.65. The summed E-state index contributed by atoms with van der Waals surface area (Å²) in [6.45, 7) is 0.532. The molecule has 118 valence electrons. The van der Waals surface area contributed by atoms with Gasteiger partial charge in [0, 0.05) is 17.7 Å². The molecule has 0 unspecified atom stereocenters. The first-order valence-electron chi connectivity index (χ1n) is 7.05. The van der Waals surface area contributed by atoms with E-state index < -0.39 is 0 Å². The Labute approximate surface area is 137 Å². The average molecular weight is 320 g/mol. The van der Waals surface area contributed by atoms with Gasteiger partial charge in [0.25, 0.3) is 0 Å². The van der Waals surface area contributed by atoms with Gasteiger partial charge in [-0.2, -0.15) is 0 Å². The second-order valence-corrected chi connectivity index (χ2v) is 5.56. The summed E-state index contributed by atoms with van der Waals surface area (Å²) >= 11 is 6.40. The number of rotatable bonds is 3. The van der Waals surface area contributed by atoms with Gasteiger partial charge in [0.05, 0.1) is 12.1 Å². The van der Waals surface area contributed by atoms with Crippen LogP contribution in [0.15, 0.2) is 36.4 Å². The monoisotopic (exact) mass is 319 g/mol. The summed E-state index contributed by atoms with van der Waals surface area (Å²) in [4.78, 5) is 0. The van der Waals surface area contributed by atoms with E-state index in [1.165, 1.54) is 5.56 Å². The van der Waals surface area contributed by atoms with Crippen LogP contribution in [0, 0.1) is 0 Å². The predicted molar refractivity (Wildman–Crippen MR) is 92.0 cm³/mol. The number of aryl methyl sites for hydroxylation is 1. The zero-order valence-corrected chi connectivity index (χ0v) is 12.7. The van der Waals surface area contributed by atoms with Gasteiger partial charge in [-0.3, -0.25) is 0 Å². The van der Waals surface area contributed by atoms with E-state index in [4.69, 9.17) is 26.8 Å². The minimum Gasteiger partial charge on any atom is -0.497 e. The second kappa shape index (κ2) is 7.03. The third-order valence-electron chi connectivity index (χ3n) is 3.85. The molecular weight excluding hydrogens is 298 g/mol. The molecule has 2 aromatic carbocycles. The molecule has 0 radical (unpaired) electrons. The highest BCUT2D eigenvalue weighted by Crippen LogP contribution is 2.41. The molecule has 0 fully saturated rings. The van der Waals surface area contributed by atoms with E-state index in [1.54, 1.807) is 7.11 Å². The van der Waals surface area contributed by atoms with Crippen LogP contribution >= 0.6 is 11.6 Å². The van der Waals surface area contributed by atoms with Crippen LogP contribution in [0.5, 0.6) is 11.5 Å². The molecule has 0 saturated heterocycles. The number of fused-ring (bicyclic) bond motifs is 1. The Morgan fingerprint density at radius 2 is 2.09 bits per heavy atom. The summed E-state index contributed by atoms with van der Waals surface area (Å²) in [6.07, 6.45) is 2.03. The Kier molecular flexibility index (Phi) is 5.33. The lowest BCUT2D eigenvalue weighted by atomic mass is 9.95. The minimum absolute atomic E-state index is 0. The Bertz CT molecular complexity index is 658. The number of ether oxygens (including phenoxy) is 2. The van der Waals surface area contributed by atoms with Crippen LogP contribution in [0.25, 0.3) is 11.1 Å². The SMILES string of the molecule is C.COc1ccc(-c2cccc3c2O[C@@H](CN)CC3)c(Cl)c1. The topological polar surface area (TPSA) is 44.5 Å². The van der Waals surface area contributed by atoms with E-state index in [1.807, 2.05) is 30.3 Å². The van der Waals surface area contributed by atoms with Gasteiger partial charge in [-0.25, -0.2) is 0 Å². The fourth-order valence-electron chi connectivity index (χ4n) is 2.68. The van der Waals surface area contributed by atoms with Crippen LogP contribution in [-0.4, -0.2) is 19.8 Å². The fourth-order valence-corrected chi connectivity index (χ4v) is 2.95. The molecular formula is C18H22ClNO2. The quantitative estimate of drug-likeness (QED) is 0.917. The first-order valence-corrected chi connectivity index (χ1v) is 7.43. The molecule has 0 amide bonds. The van der Waals surface area contributed by atoms with Crippen LogP contribution < -0.4 is 15.2 Å². The molecule has 0 spiro atoms. The number of nitrogens with two attached hydrogens (primary N) is 1. The number of hydrogen-bond acceptors (Lipinski definition) is 3. The molecule has 0 bridgehead atoms. The van der Waals surface area contributed by atoms with E-state index in [9.17, 15) is 0 Å². The normalized spacial score (nSPS) is 16.2. The highest BCUT2D eigenvalue weighted by atomic mass is 35.5. The van der Waals surface area contributed by atoms with E-state index in [0.29, 0.717) is 11.6 Å². The van der Waals surface area contributed by atoms with Crippen molar-refractivity contribution >= 4 is 11.6 Å². The van der Waals surface area contributed by atoms with E-state index in [-0.39, 0.29) is 13.5 Å². The van der Waals surface area contributed by atoms with Crippen LogP contribution in [0.2, 0.25) is 5.02 Å². The number of hydrogen-bond donors (Lipinski definition) is 1. The van der Waals surface area contributed by atoms with Crippen molar-refractivity contribution in [1.82, 2.24) is 0 Å². The molecule has 1 aliphatic rings. The Balaban J connectivity index is 0.00000176. The third kappa shape index (κ3) is 3.06. The lowest BCUT2D eigenvalue weighted by Crippen LogP contribution is -2.30. The zero-order chi connectivity index (χ0) is 14.8. The van der Waals surface area contributed by atoms with Crippen LogP contribution in [-0.2, 0) is 6.42 Å². The van der Waals surface area contributed by atoms with Crippen LogP contribution in [0.1, 0.15) is 19.4 Å². The van der Waals surface area contributed by atoms with Crippen molar-refractivity contribution in [3.8, 4) is 22.6 Å². The van der Waals surface area contributed by atoms with Crippen LogP contribution in [0.4, 0.5) is 0 Å². The smallest absolute Gasteiger partial charge is 0.130 e. The highest BCUT2D eigenvalue weighted by molar-refractivity contribution is 6.33. The van der Waals surface area contributed by atoms with Gasteiger partial charge in [-0.1, -0.05) is 37.2 Å².